The number of hydrogen-bond acceptors (Lipinski definition) is 2. The van der Waals surface area contributed by atoms with E-state index in [4.69, 9.17) is 5.11 Å². The molecule has 1 atom stereocenters. The first-order chi connectivity index (χ1) is 11.2. The third-order valence-corrected chi connectivity index (χ3v) is 3.57. The van der Waals surface area contributed by atoms with E-state index < -0.39 is 5.97 Å². The Morgan fingerprint density at radius 2 is 1.57 bits per heavy atom. The molecule has 0 bridgehead atoms. The predicted molar refractivity (Wildman–Crippen MR) is 97.5 cm³/mol. The number of aliphatic hydroxyl groups is 1. The average molecular weight is 322 g/mol. The van der Waals surface area contributed by atoms with Crippen LogP contribution in [0.2, 0.25) is 0 Å². The van der Waals surface area contributed by atoms with Gasteiger partial charge in [-0.1, -0.05) is 56.2 Å². The van der Waals surface area contributed by atoms with Crippen molar-refractivity contribution in [2.24, 2.45) is 0 Å². The molecule has 0 spiro atoms. The van der Waals surface area contributed by atoms with Crippen molar-refractivity contribution < 1.29 is 15.0 Å². The molecule has 0 fully saturated rings. The summed E-state index contributed by atoms with van der Waals surface area (Å²) in [5.74, 6) is -0.726. The van der Waals surface area contributed by atoms with Gasteiger partial charge in [0.15, 0.2) is 0 Å². The topological polar surface area (TPSA) is 57.5 Å². The maximum Gasteiger partial charge on any atom is 0.303 e. The van der Waals surface area contributed by atoms with Gasteiger partial charge in [0.2, 0.25) is 0 Å². The van der Waals surface area contributed by atoms with E-state index in [0.29, 0.717) is 6.42 Å². The van der Waals surface area contributed by atoms with E-state index in [2.05, 4.69) is 31.2 Å². The molecular weight excluding hydrogens is 288 g/mol. The number of aliphatic hydroxyl groups excluding tert-OH is 1. The van der Waals surface area contributed by atoms with E-state index >= 15 is 0 Å². The van der Waals surface area contributed by atoms with Gasteiger partial charge in [-0.05, 0) is 51.4 Å². The second-order valence-corrected chi connectivity index (χ2v) is 5.89. The number of carboxylic acids is 1. The van der Waals surface area contributed by atoms with Crippen LogP contribution in [0.5, 0.6) is 0 Å². The second kappa shape index (κ2) is 17.0. The highest BCUT2D eigenvalue weighted by atomic mass is 16.4. The molecule has 3 nitrogen and oxygen atoms in total. The van der Waals surface area contributed by atoms with E-state index in [1.165, 1.54) is 19.3 Å². The van der Waals surface area contributed by atoms with E-state index in [1.54, 1.807) is 0 Å². The van der Waals surface area contributed by atoms with Crippen molar-refractivity contribution in [3.8, 4) is 0 Å². The van der Waals surface area contributed by atoms with Crippen LogP contribution in [0.15, 0.2) is 36.5 Å². The fourth-order valence-corrected chi connectivity index (χ4v) is 2.18. The Morgan fingerprint density at radius 1 is 0.913 bits per heavy atom. The summed E-state index contributed by atoms with van der Waals surface area (Å²) in [6.07, 6.45) is 22.4. The van der Waals surface area contributed by atoms with Gasteiger partial charge < -0.3 is 10.2 Å². The number of aliphatic carboxylic acids is 1. The summed E-state index contributed by atoms with van der Waals surface area (Å²) in [7, 11) is 0. The number of carboxylic acid groups (broad SMARTS) is 1. The number of carbonyl (C=O) groups is 1. The number of hydrogen-bond donors (Lipinski definition) is 2. The lowest BCUT2D eigenvalue weighted by molar-refractivity contribution is -0.137. The summed E-state index contributed by atoms with van der Waals surface area (Å²) in [6, 6.07) is 0. The molecule has 0 aromatic rings. The average Bonchev–Trinajstić information content (AvgIpc) is 2.52. The normalized spacial score (nSPS) is 13.5. The highest BCUT2D eigenvalue weighted by molar-refractivity contribution is 5.66. The van der Waals surface area contributed by atoms with E-state index in [1.807, 2.05) is 12.2 Å². The zero-order valence-corrected chi connectivity index (χ0v) is 14.6. The molecule has 0 saturated carbocycles. The molecule has 0 aliphatic carbocycles. The maximum atomic E-state index is 10.3. The standard InChI is InChI=1S/C20H34O3/c1-2-3-4-10-13-16-19(21)17-14-11-8-6-5-7-9-12-15-18-20(22)23/h6-9,13,16,19,21H,2-5,10-12,14-15,17-18H2,1H3,(H,22,23)/b8-6-,9-7-,16-13-/t19-/m0/s1. The SMILES string of the molecule is CCCCC/C=C\[C@H](O)CCC/C=C\C/C=C\CCCC(=O)O. The van der Waals surface area contributed by atoms with Crippen molar-refractivity contribution in [2.75, 3.05) is 0 Å². The molecule has 0 aromatic carbocycles. The molecule has 23 heavy (non-hydrogen) atoms. The number of allylic oxidation sites excluding steroid dienone is 5. The molecule has 2 N–H and O–H groups in total. The molecule has 0 radical (unpaired) electrons. The first kappa shape index (κ1) is 21.6. The lowest BCUT2D eigenvalue weighted by Crippen LogP contribution is -2.00. The molecule has 0 heterocycles. The van der Waals surface area contributed by atoms with Crippen molar-refractivity contribution in [1.82, 2.24) is 0 Å². The third-order valence-electron chi connectivity index (χ3n) is 3.57. The maximum absolute atomic E-state index is 10.3. The molecule has 0 unspecified atom stereocenters. The van der Waals surface area contributed by atoms with Crippen LogP contribution < -0.4 is 0 Å². The van der Waals surface area contributed by atoms with Crippen LogP contribution in [0.1, 0.15) is 77.6 Å². The Balaban J connectivity index is 3.45. The van der Waals surface area contributed by atoms with Crippen molar-refractivity contribution in [3.63, 3.8) is 0 Å². The summed E-state index contributed by atoms with van der Waals surface area (Å²) < 4.78 is 0. The second-order valence-electron chi connectivity index (χ2n) is 5.89. The van der Waals surface area contributed by atoms with Crippen molar-refractivity contribution in [2.45, 2.75) is 83.7 Å². The predicted octanol–water partition coefficient (Wildman–Crippen LogP) is 5.41. The van der Waals surface area contributed by atoms with Crippen LogP contribution in [0.3, 0.4) is 0 Å². The molecule has 0 saturated heterocycles. The third kappa shape index (κ3) is 18.6. The summed E-state index contributed by atoms with van der Waals surface area (Å²) in [6.45, 7) is 2.20. The number of rotatable bonds is 15. The van der Waals surface area contributed by atoms with Gasteiger partial charge in [0.25, 0.3) is 0 Å². The smallest absolute Gasteiger partial charge is 0.303 e. The monoisotopic (exact) mass is 322 g/mol. The van der Waals surface area contributed by atoms with Gasteiger partial charge in [0.05, 0.1) is 6.10 Å². The molecule has 132 valence electrons. The van der Waals surface area contributed by atoms with E-state index in [-0.39, 0.29) is 12.5 Å². The molecule has 0 aromatic heterocycles. The zero-order chi connectivity index (χ0) is 17.2. The van der Waals surface area contributed by atoms with Gasteiger partial charge in [-0.3, -0.25) is 4.79 Å². The fraction of sp³-hybridized carbons (Fsp3) is 0.650. The Hall–Kier alpha value is -1.35. The van der Waals surface area contributed by atoms with Crippen LogP contribution in [-0.2, 0) is 4.79 Å². The quantitative estimate of drug-likeness (QED) is 0.313. The van der Waals surface area contributed by atoms with Gasteiger partial charge >= 0.3 is 5.97 Å². The van der Waals surface area contributed by atoms with Crippen LogP contribution in [0.25, 0.3) is 0 Å². The minimum atomic E-state index is -0.726. The van der Waals surface area contributed by atoms with Gasteiger partial charge in [-0.25, -0.2) is 0 Å². The molecule has 0 aliphatic heterocycles. The first-order valence-electron chi connectivity index (χ1n) is 9.03. The van der Waals surface area contributed by atoms with Gasteiger partial charge in [-0.15, -0.1) is 0 Å². The summed E-state index contributed by atoms with van der Waals surface area (Å²) in [5, 5.41) is 18.3. The van der Waals surface area contributed by atoms with Crippen LogP contribution in [0.4, 0.5) is 0 Å². The lowest BCUT2D eigenvalue weighted by Gasteiger charge is -2.03. The molecule has 3 heteroatoms. The van der Waals surface area contributed by atoms with Crippen LogP contribution in [0, 0.1) is 0 Å². The van der Waals surface area contributed by atoms with Gasteiger partial charge in [0.1, 0.15) is 0 Å². The van der Waals surface area contributed by atoms with Crippen LogP contribution >= 0.6 is 0 Å². The van der Waals surface area contributed by atoms with Gasteiger partial charge in [0, 0.05) is 6.42 Å². The van der Waals surface area contributed by atoms with Crippen molar-refractivity contribution in [3.05, 3.63) is 36.5 Å². The first-order valence-corrected chi connectivity index (χ1v) is 9.03. The van der Waals surface area contributed by atoms with Crippen molar-refractivity contribution >= 4 is 5.97 Å². The minimum Gasteiger partial charge on any atom is -0.481 e. The molecular formula is C20H34O3. The highest BCUT2D eigenvalue weighted by Crippen LogP contribution is 2.06. The Labute approximate surface area is 141 Å². The van der Waals surface area contributed by atoms with E-state index in [9.17, 15) is 9.90 Å². The Bertz CT molecular complexity index is 356. The van der Waals surface area contributed by atoms with Gasteiger partial charge in [-0.2, -0.15) is 0 Å². The molecule has 0 rings (SSSR count). The van der Waals surface area contributed by atoms with Crippen LogP contribution in [-0.4, -0.2) is 22.3 Å². The summed E-state index contributed by atoms with van der Waals surface area (Å²) in [5.41, 5.74) is 0. The largest absolute Gasteiger partial charge is 0.481 e. The highest BCUT2D eigenvalue weighted by Gasteiger charge is 1.97. The lowest BCUT2D eigenvalue weighted by atomic mass is 10.1. The zero-order valence-electron chi connectivity index (χ0n) is 14.6. The Kier molecular flexibility index (Phi) is 16.0. The van der Waals surface area contributed by atoms with Crippen molar-refractivity contribution in [1.29, 1.82) is 0 Å². The van der Waals surface area contributed by atoms with E-state index in [0.717, 1.165) is 38.5 Å². The fourth-order valence-electron chi connectivity index (χ4n) is 2.18. The minimum absolute atomic E-state index is 0.246. The summed E-state index contributed by atoms with van der Waals surface area (Å²) in [4.78, 5) is 10.3. The summed E-state index contributed by atoms with van der Waals surface area (Å²) >= 11 is 0. The Morgan fingerprint density at radius 3 is 2.22 bits per heavy atom. The molecule has 0 aliphatic rings. The number of unbranched alkanes of at least 4 members (excludes halogenated alkanes) is 5. The molecule has 0 amide bonds.